The Morgan fingerprint density at radius 3 is 2.84 bits per heavy atom. The van der Waals surface area contributed by atoms with Crippen LogP contribution in [0.15, 0.2) is 23.3 Å². The van der Waals surface area contributed by atoms with Gasteiger partial charge < -0.3 is 20.1 Å². The van der Waals surface area contributed by atoms with Crippen molar-refractivity contribution in [1.29, 1.82) is 0 Å². The second-order valence-corrected chi connectivity index (χ2v) is 6.13. The van der Waals surface area contributed by atoms with Crippen molar-refractivity contribution in [3.63, 3.8) is 0 Å². The van der Waals surface area contributed by atoms with Crippen LogP contribution in [0, 0.1) is 0 Å². The van der Waals surface area contributed by atoms with Gasteiger partial charge in [-0.05, 0) is 19.4 Å². The predicted octanol–water partition coefficient (Wildman–Crippen LogP) is 3.13. The maximum Gasteiger partial charge on any atom is 0.218 e. The highest BCUT2D eigenvalue weighted by molar-refractivity contribution is 5.79. The summed E-state index contributed by atoms with van der Waals surface area (Å²) < 4.78 is 10.7. The molecule has 6 heteroatoms. The average molecular weight is 351 g/mol. The molecule has 142 valence electrons. The fraction of sp³-hybridized carbons (Fsp3) is 0.684. The van der Waals surface area contributed by atoms with E-state index in [1.165, 1.54) is 25.7 Å². The van der Waals surface area contributed by atoms with Crippen LogP contribution in [0.4, 0.5) is 0 Å². The highest BCUT2D eigenvalue weighted by atomic mass is 16.5. The smallest absolute Gasteiger partial charge is 0.218 e. The highest BCUT2D eigenvalue weighted by Crippen LogP contribution is 2.13. The molecule has 0 aliphatic heterocycles. The number of pyridine rings is 1. The molecule has 0 aliphatic carbocycles. The largest absolute Gasteiger partial charge is 0.475 e. The van der Waals surface area contributed by atoms with Crippen LogP contribution in [0.2, 0.25) is 0 Å². The monoisotopic (exact) mass is 350 g/mol. The van der Waals surface area contributed by atoms with Crippen LogP contribution >= 0.6 is 0 Å². The number of nitrogens with zero attached hydrogens (tertiary/aromatic N) is 2. The van der Waals surface area contributed by atoms with Gasteiger partial charge in [-0.3, -0.25) is 4.99 Å². The van der Waals surface area contributed by atoms with Crippen LogP contribution in [-0.4, -0.2) is 44.4 Å². The third-order valence-corrected chi connectivity index (χ3v) is 3.92. The van der Waals surface area contributed by atoms with E-state index >= 15 is 0 Å². The summed E-state index contributed by atoms with van der Waals surface area (Å²) in [7, 11) is 3.45. The van der Waals surface area contributed by atoms with Crippen LogP contribution < -0.4 is 15.4 Å². The number of rotatable bonds is 12. The van der Waals surface area contributed by atoms with Crippen LogP contribution in [-0.2, 0) is 11.3 Å². The molecule has 0 spiro atoms. The summed E-state index contributed by atoms with van der Waals surface area (Å²) in [5.41, 5.74) is 0.997. The number of guanidine groups is 1. The van der Waals surface area contributed by atoms with E-state index in [0.29, 0.717) is 31.7 Å². The Hall–Kier alpha value is -1.82. The number of hydrogen-bond donors (Lipinski definition) is 2. The lowest BCUT2D eigenvalue weighted by Crippen LogP contribution is -2.41. The van der Waals surface area contributed by atoms with E-state index in [2.05, 4.69) is 34.5 Å². The maximum absolute atomic E-state index is 5.66. The van der Waals surface area contributed by atoms with Crippen molar-refractivity contribution in [3.8, 4) is 5.88 Å². The van der Waals surface area contributed by atoms with Crippen molar-refractivity contribution in [3.05, 3.63) is 23.9 Å². The first-order valence-corrected chi connectivity index (χ1v) is 9.24. The molecule has 1 aromatic heterocycles. The highest BCUT2D eigenvalue weighted by Gasteiger charge is 2.08. The number of ether oxygens (including phenoxy) is 2. The Morgan fingerprint density at radius 1 is 1.28 bits per heavy atom. The van der Waals surface area contributed by atoms with E-state index in [9.17, 15) is 0 Å². The molecule has 2 N–H and O–H groups in total. The Morgan fingerprint density at radius 2 is 2.12 bits per heavy atom. The molecule has 6 nitrogen and oxygen atoms in total. The van der Waals surface area contributed by atoms with E-state index in [4.69, 9.17) is 9.47 Å². The van der Waals surface area contributed by atoms with Crippen molar-refractivity contribution in [2.75, 3.05) is 27.4 Å². The quantitative estimate of drug-likeness (QED) is 0.344. The molecule has 0 saturated carbocycles. The first-order valence-electron chi connectivity index (χ1n) is 9.24. The molecule has 1 rings (SSSR count). The van der Waals surface area contributed by atoms with Crippen LogP contribution in [0.25, 0.3) is 0 Å². The number of methoxy groups -OCH3 is 1. The summed E-state index contributed by atoms with van der Waals surface area (Å²) in [6.45, 7) is 6.07. The third-order valence-electron chi connectivity index (χ3n) is 3.92. The van der Waals surface area contributed by atoms with Gasteiger partial charge in [-0.15, -0.1) is 0 Å². The molecule has 0 radical (unpaired) electrons. The average Bonchev–Trinajstić information content (AvgIpc) is 2.63. The SMILES string of the molecule is CCCCCCC(C)NC(=NC)NCc1cccnc1OCCOC. The molecule has 0 aliphatic rings. The lowest BCUT2D eigenvalue weighted by atomic mass is 10.1. The van der Waals surface area contributed by atoms with Gasteiger partial charge in [0, 0.05) is 38.5 Å². The summed E-state index contributed by atoms with van der Waals surface area (Å²) in [6, 6.07) is 4.31. The molecule has 0 fully saturated rings. The molecular weight excluding hydrogens is 316 g/mol. The Kier molecular flexibility index (Phi) is 11.4. The van der Waals surface area contributed by atoms with E-state index in [1.54, 1.807) is 20.4 Å². The van der Waals surface area contributed by atoms with E-state index in [0.717, 1.165) is 17.9 Å². The fourth-order valence-electron chi connectivity index (χ4n) is 2.47. The zero-order valence-electron chi connectivity index (χ0n) is 16.2. The van der Waals surface area contributed by atoms with Crippen LogP contribution in [0.3, 0.4) is 0 Å². The second-order valence-electron chi connectivity index (χ2n) is 6.13. The molecule has 1 unspecified atom stereocenters. The Bertz CT molecular complexity index is 494. The fourth-order valence-corrected chi connectivity index (χ4v) is 2.47. The minimum Gasteiger partial charge on any atom is -0.475 e. The van der Waals surface area contributed by atoms with Crippen LogP contribution in [0.1, 0.15) is 51.5 Å². The minimum atomic E-state index is 0.398. The van der Waals surface area contributed by atoms with Gasteiger partial charge in [0.05, 0.1) is 6.61 Å². The van der Waals surface area contributed by atoms with Crippen molar-refractivity contribution in [2.24, 2.45) is 4.99 Å². The normalized spacial score (nSPS) is 12.7. The van der Waals surface area contributed by atoms with Gasteiger partial charge in [-0.1, -0.05) is 38.7 Å². The van der Waals surface area contributed by atoms with Crippen molar-refractivity contribution in [2.45, 2.75) is 58.5 Å². The lowest BCUT2D eigenvalue weighted by Gasteiger charge is -2.18. The zero-order valence-corrected chi connectivity index (χ0v) is 16.2. The molecular formula is C19H34N4O2. The number of nitrogens with one attached hydrogen (secondary N) is 2. The van der Waals surface area contributed by atoms with E-state index in [-0.39, 0.29) is 0 Å². The molecule has 0 aromatic carbocycles. The summed E-state index contributed by atoms with van der Waals surface area (Å²) in [4.78, 5) is 8.60. The molecule has 0 amide bonds. The van der Waals surface area contributed by atoms with E-state index in [1.807, 2.05) is 12.1 Å². The topological polar surface area (TPSA) is 67.8 Å². The number of hydrogen-bond acceptors (Lipinski definition) is 4. The standard InChI is InChI=1S/C19H34N4O2/c1-5-6-7-8-10-16(2)23-19(20-3)22-15-17-11-9-12-21-18(17)25-14-13-24-4/h9,11-12,16H,5-8,10,13-15H2,1-4H3,(H2,20,22,23). The molecule has 25 heavy (non-hydrogen) atoms. The first-order chi connectivity index (χ1) is 12.2. The molecule has 0 saturated heterocycles. The Labute approximate surface area is 152 Å². The van der Waals surface area contributed by atoms with Gasteiger partial charge in [0.1, 0.15) is 6.61 Å². The van der Waals surface area contributed by atoms with Crippen molar-refractivity contribution in [1.82, 2.24) is 15.6 Å². The second kappa shape index (κ2) is 13.5. The summed E-state index contributed by atoms with van der Waals surface area (Å²) >= 11 is 0. The minimum absolute atomic E-state index is 0.398. The number of unbranched alkanes of at least 4 members (excludes halogenated alkanes) is 3. The first kappa shape index (κ1) is 21.2. The summed E-state index contributed by atoms with van der Waals surface area (Å²) in [5, 5.41) is 6.78. The molecule has 1 aromatic rings. The third kappa shape index (κ3) is 9.29. The lowest BCUT2D eigenvalue weighted by molar-refractivity contribution is 0.143. The van der Waals surface area contributed by atoms with Gasteiger partial charge >= 0.3 is 0 Å². The zero-order chi connectivity index (χ0) is 18.3. The molecule has 1 atom stereocenters. The molecule has 0 bridgehead atoms. The van der Waals surface area contributed by atoms with Crippen LogP contribution in [0.5, 0.6) is 5.88 Å². The number of aliphatic imine (C=N–C) groups is 1. The van der Waals surface area contributed by atoms with Gasteiger partial charge in [-0.2, -0.15) is 0 Å². The van der Waals surface area contributed by atoms with Gasteiger partial charge in [0.25, 0.3) is 0 Å². The number of aromatic nitrogens is 1. The molecule has 1 heterocycles. The summed E-state index contributed by atoms with van der Waals surface area (Å²) in [5.74, 6) is 1.44. The predicted molar refractivity (Wildman–Crippen MR) is 103 cm³/mol. The Balaban J connectivity index is 2.44. The van der Waals surface area contributed by atoms with Gasteiger partial charge in [-0.25, -0.2) is 4.98 Å². The maximum atomic E-state index is 5.66. The van der Waals surface area contributed by atoms with E-state index < -0.39 is 0 Å². The van der Waals surface area contributed by atoms with Crippen molar-refractivity contribution >= 4 is 5.96 Å². The van der Waals surface area contributed by atoms with Crippen molar-refractivity contribution < 1.29 is 9.47 Å². The summed E-state index contributed by atoms with van der Waals surface area (Å²) in [6.07, 6.45) is 8.01. The van der Waals surface area contributed by atoms with Gasteiger partial charge in [0.15, 0.2) is 5.96 Å². The van der Waals surface area contributed by atoms with Gasteiger partial charge in [0.2, 0.25) is 5.88 Å².